The second-order valence-corrected chi connectivity index (χ2v) is 5.03. The number of hydrogen-bond acceptors (Lipinski definition) is 3. The summed E-state index contributed by atoms with van der Waals surface area (Å²) in [5.41, 5.74) is 0.728. The van der Waals surface area contributed by atoms with Gasteiger partial charge in [0, 0.05) is 5.02 Å². The summed E-state index contributed by atoms with van der Waals surface area (Å²) in [4.78, 5) is 15.0. The van der Waals surface area contributed by atoms with Crippen LogP contribution in [0.15, 0.2) is 36.4 Å². The van der Waals surface area contributed by atoms with E-state index in [1.54, 1.807) is 12.1 Å². The first-order chi connectivity index (χ1) is 9.49. The minimum absolute atomic E-state index is 0.105. The van der Waals surface area contributed by atoms with Crippen molar-refractivity contribution < 1.29 is 9.90 Å². The zero-order chi connectivity index (χ0) is 14.7. The fourth-order valence-corrected chi connectivity index (χ4v) is 2.28. The van der Waals surface area contributed by atoms with Crippen LogP contribution < -0.4 is 5.32 Å². The molecule has 0 saturated heterocycles. The van der Waals surface area contributed by atoms with Crippen LogP contribution in [-0.4, -0.2) is 16.1 Å². The van der Waals surface area contributed by atoms with Gasteiger partial charge in [-0.25, -0.2) is 9.78 Å². The molecule has 0 saturated carbocycles. The molecule has 1 heterocycles. The van der Waals surface area contributed by atoms with Gasteiger partial charge >= 0.3 is 5.97 Å². The molecular weight excluding hydrogens is 299 g/mol. The van der Waals surface area contributed by atoms with Gasteiger partial charge in [-0.05, 0) is 30.7 Å². The predicted molar refractivity (Wildman–Crippen MR) is 79.7 cm³/mol. The molecule has 0 aliphatic carbocycles. The quantitative estimate of drug-likeness (QED) is 0.885. The highest BCUT2D eigenvalue weighted by molar-refractivity contribution is 6.33. The van der Waals surface area contributed by atoms with Gasteiger partial charge in [-0.2, -0.15) is 0 Å². The van der Waals surface area contributed by atoms with Crippen molar-refractivity contribution in [3.63, 3.8) is 0 Å². The number of carbonyl (C=O) groups is 1. The number of anilines is 1. The van der Waals surface area contributed by atoms with Crippen molar-refractivity contribution >= 4 is 35.0 Å². The van der Waals surface area contributed by atoms with E-state index in [1.165, 1.54) is 6.07 Å². The van der Waals surface area contributed by atoms with E-state index in [-0.39, 0.29) is 16.8 Å². The fourth-order valence-electron chi connectivity index (χ4n) is 1.80. The normalized spacial score (nSPS) is 11.9. The molecule has 2 aromatic rings. The van der Waals surface area contributed by atoms with Crippen LogP contribution in [0.25, 0.3) is 0 Å². The third-order valence-electron chi connectivity index (χ3n) is 2.78. The average molecular weight is 311 g/mol. The van der Waals surface area contributed by atoms with Gasteiger partial charge in [0.05, 0.1) is 11.1 Å². The first-order valence-electron chi connectivity index (χ1n) is 5.90. The molecule has 0 bridgehead atoms. The molecule has 1 unspecified atom stereocenters. The second-order valence-electron chi connectivity index (χ2n) is 4.22. The molecule has 0 spiro atoms. The maximum absolute atomic E-state index is 11.0. The smallest absolute Gasteiger partial charge is 0.356 e. The van der Waals surface area contributed by atoms with Gasteiger partial charge in [0.1, 0.15) is 5.82 Å². The van der Waals surface area contributed by atoms with Gasteiger partial charge in [-0.3, -0.25) is 0 Å². The van der Waals surface area contributed by atoms with Crippen LogP contribution >= 0.6 is 23.2 Å². The van der Waals surface area contributed by atoms with Gasteiger partial charge in [0.2, 0.25) is 0 Å². The van der Waals surface area contributed by atoms with Crippen LogP contribution in [0.5, 0.6) is 0 Å². The zero-order valence-electron chi connectivity index (χ0n) is 10.6. The Hall–Kier alpha value is -1.78. The second kappa shape index (κ2) is 6.11. The van der Waals surface area contributed by atoms with Crippen molar-refractivity contribution in [1.82, 2.24) is 4.98 Å². The number of carboxylic acid groups (broad SMARTS) is 1. The highest BCUT2D eigenvalue weighted by Gasteiger charge is 2.14. The van der Waals surface area contributed by atoms with E-state index in [0.717, 1.165) is 5.56 Å². The molecular formula is C14H12Cl2N2O2. The van der Waals surface area contributed by atoms with Crippen molar-refractivity contribution in [2.75, 3.05) is 5.32 Å². The lowest BCUT2D eigenvalue weighted by molar-refractivity contribution is 0.0691. The van der Waals surface area contributed by atoms with E-state index in [1.807, 2.05) is 25.1 Å². The third kappa shape index (κ3) is 3.21. The molecule has 2 rings (SSSR count). The molecule has 104 valence electrons. The van der Waals surface area contributed by atoms with E-state index in [0.29, 0.717) is 10.8 Å². The number of pyridine rings is 1. The van der Waals surface area contributed by atoms with Crippen LogP contribution in [0, 0.1) is 0 Å². The molecule has 4 nitrogen and oxygen atoms in total. The fraction of sp³-hybridized carbons (Fsp3) is 0.143. The maximum atomic E-state index is 11.0. The van der Waals surface area contributed by atoms with Crippen LogP contribution in [-0.2, 0) is 0 Å². The molecule has 2 N–H and O–H groups in total. The Labute approximate surface area is 126 Å². The minimum atomic E-state index is -1.16. The average Bonchev–Trinajstić information content (AvgIpc) is 2.41. The summed E-state index contributed by atoms with van der Waals surface area (Å²) >= 11 is 11.9. The number of carboxylic acids is 1. The molecule has 0 aliphatic heterocycles. The Balaban J connectivity index is 2.24. The number of aromatic carboxylic acids is 1. The number of hydrogen-bond donors (Lipinski definition) is 2. The van der Waals surface area contributed by atoms with E-state index in [9.17, 15) is 4.79 Å². The number of halogens is 2. The minimum Gasteiger partial charge on any atom is -0.476 e. The standard InChI is InChI=1S/C14H12Cl2N2O2/c1-8(9-4-2-3-5-10(9)15)17-12-7-6-11(16)13(18-12)14(19)20/h2-8H,1H3,(H,17,18)(H,19,20). The number of rotatable bonds is 4. The predicted octanol–water partition coefficient (Wildman–Crippen LogP) is 4.26. The zero-order valence-corrected chi connectivity index (χ0v) is 12.1. The molecule has 1 atom stereocenters. The Bertz CT molecular complexity index is 647. The van der Waals surface area contributed by atoms with Crippen LogP contribution in [0.1, 0.15) is 29.0 Å². The Morgan fingerprint density at radius 2 is 1.90 bits per heavy atom. The van der Waals surface area contributed by atoms with Crippen LogP contribution in [0.4, 0.5) is 5.82 Å². The molecule has 20 heavy (non-hydrogen) atoms. The summed E-state index contributed by atoms with van der Waals surface area (Å²) in [6.45, 7) is 1.91. The van der Waals surface area contributed by atoms with E-state index >= 15 is 0 Å². The molecule has 1 aromatic heterocycles. The number of benzene rings is 1. The molecule has 0 amide bonds. The van der Waals surface area contributed by atoms with Gasteiger partial charge in [0.25, 0.3) is 0 Å². The largest absolute Gasteiger partial charge is 0.476 e. The van der Waals surface area contributed by atoms with E-state index in [4.69, 9.17) is 28.3 Å². The molecule has 1 aromatic carbocycles. The topological polar surface area (TPSA) is 62.2 Å². The van der Waals surface area contributed by atoms with Crippen molar-refractivity contribution in [1.29, 1.82) is 0 Å². The summed E-state index contributed by atoms with van der Waals surface area (Å²) in [7, 11) is 0. The summed E-state index contributed by atoms with van der Waals surface area (Å²) in [6.07, 6.45) is 0. The maximum Gasteiger partial charge on any atom is 0.356 e. The highest BCUT2D eigenvalue weighted by atomic mass is 35.5. The summed E-state index contributed by atoms with van der Waals surface area (Å²) in [5, 5.41) is 12.8. The molecule has 0 fully saturated rings. The van der Waals surface area contributed by atoms with Gasteiger partial charge < -0.3 is 10.4 Å². The van der Waals surface area contributed by atoms with Gasteiger partial charge in [-0.15, -0.1) is 0 Å². The van der Waals surface area contributed by atoms with Crippen LogP contribution in [0.2, 0.25) is 10.0 Å². The van der Waals surface area contributed by atoms with Gasteiger partial charge in [-0.1, -0.05) is 41.4 Å². The van der Waals surface area contributed by atoms with Crippen molar-refractivity contribution in [3.8, 4) is 0 Å². The third-order valence-corrected chi connectivity index (χ3v) is 3.43. The Kier molecular flexibility index (Phi) is 4.47. The first kappa shape index (κ1) is 14.6. The lowest BCUT2D eigenvalue weighted by Gasteiger charge is -2.16. The van der Waals surface area contributed by atoms with Crippen molar-refractivity contribution in [3.05, 3.63) is 57.7 Å². The van der Waals surface area contributed by atoms with Crippen LogP contribution in [0.3, 0.4) is 0 Å². The Morgan fingerprint density at radius 3 is 2.55 bits per heavy atom. The monoisotopic (exact) mass is 310 g/mol. The van der Waals surface area contributed by atoms with Gasteiger partial charge in [0.15, 0.2) is 5.69 Å². The SMILES string of the molecule is CC(Nc1ccc(Cl)c(C(=O)O)n1)c1ccccc1Cl. The molecule has 6 heteroatoms. The summed E-state index contributed by atoms with van der Waals surface area (Å²) in [6, 6.07) is 10.4. The van der Waals surface area contributed by atoms with Crippen molar-refractivity contribution in [2.45, 2.75) is 13.0 Å². The highest BCUT2D eigenvalue weighted by Crippen LogP contribution is 2.26. The number of nitrogens with zero attached hydrogens (tertiary/aromatic N) is 1. The van der Waals surface area contributed by atoms with Crippen molar-refractivity contribution in [2.24, 2.45) is 0 Å². The number of aromatic nitrogens is 1. The lowest BCUT2D eigenvalue weighted by Crippen LogP contribution is -2.10. The van der Waals surface area contributed by atoms with E-state index < -0.39 is 5.97 Å². The lowest BCUT2D eigenvalue weighted by atomic mass is 10.1. The first-order valence-corrected chi connectivity index (χ1v) is 6.65. The number of nitrogens with one attached hydrogen (secondary N) is 1. The molecule has 0 radical (unpaired) electrons. The summed E-state index contributed by atoms with van der Waals surface area (Å²) in [5.74, 6) is -0.733. The Morgan fingerprint density at radius 1 is 1.20 bits per heavy atom. The molecule has 0 aliphatic rings. The summed E-state index contributed by atoms with van der Waals surface area (Å²) < 4.78 is 0. The van der Waals surface area contributed by atoms with E-state index in [2.05, 4.69) is 10.3 Å².